The van der Waals surface area contributed by atoms with Crippen LogP contribution in [0.4, 0.5) is 10.5 Å². The number of nitrogens with zero attached hydrogens (tertiary/aromatic N) is 1. The van der Waals surface area contributed by atoms with Gasteiger partial charge in [0.05, 0.1) is 14.2 Å². The van der Waals surface area contributed by atoms with Crippen LogP contribution < -0.4 is 14.4 Å². The Morgan fingerprint density at radius 3 is 2.50 bits per heavy atom. The number of amides is 1. The smallest absolute Gasteiger partial charge is 0.419 e. The molecule has 7 heteroatoms. The summed E-state index contributed by atoms with van der Waals surface area (Å²) in [6.07, 6.45) is 4.11. The highest BCUT2D eigenvalue weighted by Crippen LogP contribution is 2.30. The lowest BCUT2D eigenvalue weighted by atomic mass is 10.1. The van der Waals surface area contributed by atoms with Crippen LogP contribution in [0.3, 0.4) is 0 Å². The molecule has 1 N–H and O–H groups in total. The number of methoxy groups -OCH3 is 2. The lowest BCUT2D eigenvalue weighted by Gasteiger charge is -2.17. The number of hydrogen-bond donors (Lipinski definition) is 1. The molecule has 0 saturated carbocycles. The number of aromatic amines is 1. The second-order valence-corrected chi connectivity index (χ2v) is 5.90. The van der Waals surface area contributed by atoms with Crippen molar-refractivity contribution in [2.45, 2.75) is 0 Å². The average molecular weight is 380 g/mol. The van der Waals surface area contributed by atoms with E-state index in [4.69, 9.17) is 9.47 Å². The van der Waals surface area contributed by atoms with E-state index in [1.165, 1.54) is 18.1 Å². The molecule has 0 spiro atoms. The molecular weight excluding hydrogens is 360 g/mol. The van der Waals surface area contributed by atoms with Crippen LogP contribution >= 0.6 is 0 Å². The summed E-state index contributed by atoms with van der Waals surface area (Å²) in [4.78, 5) is 28.5. The highest BCUT2D eigenvalue weighted by molar-refractivity contribution is 5.99. The van der Waals surface area contributed by atoms with Crippen molar-refractivity contribution in [3.63, 3.8) is 0 Å². The van der Waals surface area contributed by atoms with Crippen molar-refractivity contribution < 1.29 is 23.8 Å². The molecule has 2 aromatic carbocycles. The zero-order chi connectivity index (χ0) is 20.1. The van der Waals surface area contributed by atoms with Crippen molar-refractivity contribution in [3.8, 4) is 11.5 Å². The quantitative estimate of drug-likeness (QED) is 0.535. The first-order chi connectivity index (χ1) is 13.5. The molecule has 1 heterocycles. The molecule has 7 nitrogen and oxygen atoms in total. The fourth-order valence-corrected chi connectivity index (χ4v) is 2.69. The number of benzene rings is 2. The van der Waals surface area contributed by atoms with Crippen LogP contribution in [0.15, 0.2) is 54.7 Å². The maximum Gasteiger partial charge on any atom is 0.419 e. The highest BCUT2D eigenvalue weighted by atomic mass is 16.6. The summed E-state index contributed by atoms with van der Waals surface area (Å²) < 4.78 is 15.4. The minimum absolute atomic E-state index is 0.383. The van der Waals surface area contributed by atoms with Gasteiger partial charge in [0.15, 0.2) is 0 Å². The van der Waals surface area contributed by atoms with Gasteiger partial charge in [-0.1, -0.05) is 6.07 Å². The second kappa shape index (κ2) is 8.30. The third kappa shape index (κ3) is 3.98. The van der Waals surface area contributed by atoms with Crippen LogP contribution in [0.2, 0.25) is 0 Å². The molecule has 0 aliphatic heterocycles. The van der Waals surface area contributed by atoms with Crippen molar-refractivity contribution in [2.24, 2.45) is 0 Å². The Morgan fingerprint density at radius 2 is 1.82 bits per heavy atom. The van der Waals surface area contributed by atoms with Gasteiger partial charge in [0.1, 0.15) is 11.5 Å². The molecule has 0 fully saturated rings. The first kappa shape index (κ1) is 19.0. The Balaban J connectivity index is 1.86. The normalized spacial score (nSPS) is 10.8. The molecule has 3 aromatic rings. The summed E-state index contributed by atoms with van der Waals surface area (Å²) in [5.74, 6) is 0.612. The van der Waals surface area contributed by atoms with Crippen molar-refractivity contribution in [2.75, 3.05) is 26.2 Å². The van der Waals surface area contributed by atoms with E-state index in [2.05, 4.69) is 9.72 Å². The summed E-state index contributed by atoms with van der Waals surface area (Å²) >= 11 is 0. The summed E-state index contributed by atoms with van der Waals surface area (Å²) in [5, 5.41) is 0.694. The van der Waals surface area contributed by atoms with Crippen molar-refractivity contribution >= 4 is 34.7 Å². The molecule has 3 rings (SSSR count). The number of anilines is 1. The Morgan fingerprint density at radius 1 is 1.07 bits per heavy atom. The third-order valence-corrected chi connectivity index (χ3v) is 4.23. The van der Waals surface area contributed by atoms with E-state index in [9.17, 15) is 9.59 Å². The number of fused-ring (bicyclic) bond motifs is 1. The van der Waals surface area contributed by atoms with Gasteiger partial charge in [-0.3, -0.25) is 4.90 Å². The summed E-state index contributed by atoms with van der Waals surface area (Å²) in [6, 6.07) is 12.4. The van der Waals surface area contributed by atoms with E-state index < -0.39 is 12.1 Å². The monoisotopic (exact) mass is 380 g/mol. The Labute approximate surface area is 162 Å². The second-order valence-electron chi connectivity index (χ2n) is 5.90. The van der Waals surface area contributed by atoms with E-state index in [1.807, 2.05) is 6.07 Å². The molecule has 0 atom stereocenters. The molecule has 0 unspecified atom stereocenters. The fourth-order valence-electron chi connectivity index (χ4n) is 2.69. The molecular formula is C21H20N2O5. The first-order valence-electron chi connectivity index (χ1n) is 8.49. The Bertz CT molecular complexity index is 1020. The number of nitrogens with one attached hydrogen (secondary N) is 1. The number of H-pyrrole nitrogens is 1. The van der Waals surface area contributed by atoms with Crippen LogP contribution in [-0.4, -0.2) is 38.3 Å². The maximum absolute atomic E-state index is 12.6. The molecule has 1 aromatic heterocycles. The van der Waals surface area contributed by atoms with Crippen LogP contribution in [0, 0.1) is 0 Å². The van der Waals surface area contributed by atoms with Gasteiger partial charge >= 0.3 is 12.1 Å². The summed E-state index contributed by atoms with van der Waals surface area (Å²) in [6.45, 7) is 0. The van der Waals surface area contributed by atoms with E-state index in [-0.39, 0.29) is 0 Å². The lowest BCUT2D eigenvalue weighted by Crippen LogP contribution is -2.29. The van der Waals surface area contributed by atoms with Crippen LogP contribution in [0.25, 0.3) is 17.0 Å². The van der Waals surface area contributed by atoms with Gasteiger partial charge in [0, 0.05) is 41.5 Å². The lowest BCUT2D eigenvalue weighted by molar-refractivity contribution is -0.134. The predicted octanol–water partition coefficient (Wildman–Crippen LogP) is 4.00. The zero-order valence-electron chi connectivity index (χ0n) is 15.8. The number of esters is 1. The van der Waals surface area contributed by atoms with Crippen molar-refractivity contribution in [1.29, 1.82) is 0 Å². The third-order valence-electron chi connectivity index (χ3n) is 4.23. The molecule has 144 valence electrons. The van der Waals surface area contributed by atoms with Crippen molar-refractivity contribution in [3.05, 3.63) is 60.3 Å². The Kier molecular flexibility index (Phi) is 5.64. The van der Waals surface area contributed by atoms with Crippen LogP contribution in [-0.2, 0) is 9.53 Å². The number of carbonyl (C=O) groups is 2. The minimum atomic E-state index is -0.540. The topological polar surface area (TPSA) is 80.9 Å². The van der Waals surface area contributed by atoms with E-state index in [0.717, 1.165) is 5.52 Å². The van der Waals surface area contributed by atoms with Crippen molar-refractivity contribution in [1.82, 2.24) is 4.98 Å². The van der Waals surface area contributed by atoms with Gasteiger partial charge in [-0.25, -0.2) is 9.59 Å². The minimum Gasteiger partial charge on any atom is -0.497 e. The zero-order valence-corrected chi connectivity index (χ0v) is 15.8. The van der Waals surface area contributed by atoms with Crippen LogP contribution in [0.1, 0.15) is 5.56 Å². The molecule has 0 bridgehead atoms. The number of rotatable bonds is 5. The Hall–Kier alpha value is -3.74. The number of hydrogen-bond acceptors (Lipinski definition) is 5. The molecule has 0 aliphatic rings. The van der Waals surface area contributed by atoms with E-state index in [1.54, 1.807) is 62.8 Å². The fraction of sp³-hybridized carbons (Fsp3) is 0.143. The van der Waals surface area contributed by atoms with E-state index >= 15 is 0 Å². The molecule has 0 aliphatic carbocycles. The maximum atomic E-state index is 12.6. The number of ether oxygens (including phenoxy) is 3. The standard InChI is InChI=1S/C21H20N2O5/c1-23(15-8-10-16(26-2)11-9-15)21(25)28-18-6-4-5-17-20(18)14(13-22-17)7-12-19(24)27-3/h4-13,22H,1-3H3/b12-7+. The predicted molar refractivity (Wildman–Crippen MR) is 107 cm³/mol. The summed E-state index contributed by atoms with van der Waals surface area (Å²) in [7, 11) is 4.51. The first-order valence-corrected chi connectivity index (χ1v) is 8.49. The SMILES string of the molecule is COC(=O)/C=C/c1c[nH]c2cccc(OC(=O)N(C)c3ccc(OC)cc3)c12. The average Bonchev–Trinajstić information content (AvgIpc) is 3.15. The molecule has 28 heavy (non-hydrogen) atoms. The molecule has 0 radical (unpaired) electrons. The van der Waals surface area contributed by atoms with Gasteiger partial charge in [-0.05, 0) is 42.5 Å². The van der Waals surface area contributed by atoms with Gasteiger partial charge in [-0.2, -0.15) is 0 Å². The van der Waals surface area contributed by atoms with Gasteiger partial charge < -0.3 is 19.2 Å². The number of aromatic nitrogens is 1. The van der Waals surface area contributed by atoms with Gasteiger partial charge in [0.25, 0.3) is 0 Å². The molecule has 0 saturated heterocycles. The highest BCUT2D eigenvalue weighted by Gasteiger charge is 2.16. The summed E-state index contributed by atoms with van der Waals surface area (Å²) in [5.41, 5.74) is 2.15. The molecule has 1 amide bonds. The van der Waals surface area contributed by atoms with E-state index in [0.29, 0.717) is 28.1 Å². The number of carbonyl (C=O) groups excluding carboxylic acids is 2. The van der Waals surface area contributed by atoms with Crippen LogP contribution in [0.5, 0.6) is 11.5 Å². The largest absolute Gasteiger partial charge is 0.497 e. The van der Waals surface area contributed by atoms with Gasteiger partial charge in [-0.15, -0.1) is 0 Å². The van der Waals surface area contributed by atoms with Gasteiger partial charge in [0.2, 0.25) is 0 Å².